The molecule has 33 heavy (non-hydrogen) atoms. The van der Waals surface area contributed by atoms with E-state index in [2.05, 4.69) is 5.32 Å². The molecule has 5 nitrogen and oxygen atoms in total. The van der Waals surface area contributed by atoms with E-state index < -0.39 is 6.04 Å². The first-order valence-electron chi connectivity index (χ1n) is 10.7. The molecule has 0 spiro atoms. The lowest BCUT2D eigenvalue weighted by Crippen LogP contribution is -2.51. The first kappa shape index (κ1) is 24.6. The Morgan fingerprint density at radius 2 is 1.61 bits per heavy atom. The van der Waals surface area contributed by atoms with Gasteiger partial charge in [-0.05, 0) is 54.4 Å². The van der Waals surface area contributed by atoms with Crippen molar-refractivity contribution in [3.05, 3.63) is 100 Å². The fraction of sp³-hybridized carbons (Fsp3) is 0.231. The Hall–Kier alpha value is -3.02. The molecule has 0 aliphatic rings. The smallest absolute Gasteiger partial charge is 0.261 e. The molecule has 0 aliphatic carbocycles. The van der Waals surface area contributed by atoms with Gasteiger partial charge in [-0.3, -0.25) is 9.59 Å². The molecular formula is C26H26Cl2N2O3. The zero-order valence-electron chi connectivity index (χ0n) is 18.3. The fourth-order valence-electron chi connectivity index (χ4n) is 3.44. The highest BCUT2D eigenvalue weighted by molar-refractivity contribution is 6.30. The number of likely N-dealkylation sites (N-methyl/N-ethyl adjacent to an activating group) is 1. The van der Waals surface area contributed by atoms with Crippen molar-refractivity contribution in [2.75, 3.05) is 13.2 Å². The number of hydrogen-bond donors (Lipinski definition) is 1. The zero-order valence-corrected chi connectivity index (χ0v) is 19.9. The molecule has 0 aliphatic heterocycles. The van der Waals surface area contributed by atoms with Crippen LogP contribution in [0, 0.1) is 0 Å². The van der Waals surface area contributed by atoms with Crippen molar-refractivity contribution < 1.29 is 14.3 Å². The summed E-state index contributed by atoms with van der Waals surface area (Å²) in [4.78, 5) is 28.0. The van der Waals surface area contributed by atoms with Gasteiger partial charge >= 0.3 is 0 Å². The second-order valence-electron chi connectivity index (χ2n) is 7.49. The summed E-state index contributed by atoms with van der Waals surface area (Å²) in [5.74, 6) is -0.00610. The van der Waals surface area contributed by atoms with Gasteiger partial charge < -0.3 is 15.0 Å². The predicted molar refractivity (Wildman–Crippen MR) is 132 cm³/mol. The highest BCUT2D eigenvalue weighted by atomic mass is 35.5. The Balaban J connectivity index is 1.88. The summed E-state index contributed by atoms with van der Waals surface area (Å²) in [7, 11) is 0. The van der Waals surface area contributed by atoms with Crippen molar-refractivity contribution in [1.29, 1.82) is 0 Å². The number of hydrogen-bond acceptors (Lipinski definition) is 3. The number of benzene rings is 3. The minimum absolute atomic E-state index is 0.215. The van der Waals surface area contributed by atoms with E-state index in [1.165, 1.54) is 0 Å². The molecule has 0 saturated carbocycles. The summed E-state index contributed by atoms with van der Waals surface area (Å²) in [5, 5.41) is 4.01. The Morgan fingerprint density at radius 1 is 0.909 bits per heavy atom. The largest absolute Gasteiger partial charge is 0.484 e. The van der Waals surface area contributed by atoms with Crippen molar-refractivity contribution in [3.63, 3.8) is 0 Å². The van der Waals surface area contributed by atoms with Crippen molar-refractivity contribution in [2.45, 2.75) is 25.9 Å². The molecule has 1 N–H and O–H groups in total. The first-order chi connectivity index (χ1) is 16.0. The second kappa shape index (κ2) is 12.3. The molecule has 0 aromatic heterocycles. The van der Waals surface area contributed by atoms with Gasteiger partial charge in [0.2, 0.25) is 5.91 Å². The van der Waals surface area contributed by atoms with Crippen LogP contribution in [0.4, 0.5) is 0 Å². The van der Waals surface area contributed by atoms with Gasteiger partial charge in [-0.1, -0.05) is 65.7 Å². The van der Waals surface area contributed by atoms with Gasteiger partial charge in [0.05, 0.1) is 0 Å². The van der Waals surface area contributed by atoms with Gasteiger partial charge in [0.15, 0.2) is 6.61 Å². The van der Waals surface area contributed by atoms with E-state index in [-0.39, 0.29) is 25.0 Å². The van der Waals surface area contributed by atoms with Gasteiger partial charge in [0, 0.05) is 29.6 Å². The maximum absolute atomic E-state index is 13.4. The number of ether oxygens (including phenoxy) is 1. The Labute approximate surface area is 204 Å². The normalized spacial score (nSPS) is 11.5. The van der Waals surface area contributed by atoms with E-state index in [4.69, 9.17) is 27.9 Å². The van der Waals surface area contributed by atoms with E-state index in [9.17, 15) is 9.59 Å². The SMILES string of the molecule is CCNC(=O)C(Cc1ccccc1)N(Cc1cccc(Cl)c1)C(=O)COc1ccc(Cl)cc1. The van der Waals surface area contributed by atoms with E-state index in [1.54, 1.807) is 41.3 Å². The number of halogens is 2. The molecule has 0 heterocycles. The lowest BCUT2D eigenvalue weighted by Gasteiger charge is -2.31. The lowest BCUT2D eigenvalue weighted by atomic mass is 10.0. The van der Waals surface area contributed by atoms with Crippen LogP contribution < -0.4 is 10.1 Å². The zero-order chi connectivity index (χ0) is 23.6. The Bertz CT molecular complexity index is 1060. The highest BCUT2D eigenvalue weighted by Crippen LogP contribution is 2.19. The van der Waals surface area contributed by atoms with Crippen molar-refractivity contribution in [3.8, 4) is 5.75 Å². The minimum Gasteiger partial charge on any atom is -0.484 e. The number of nitrogens with one attached hydrogen (secondary N) is 1. The van der Waals surface area contributed by atoms with Crippen molar-refractivity contribution >= 4 is 35.0 Å². The van der Waals surface area contributed by atoms with Crippen LogP contribution in [0.1, 0.15) is 18.1 Å². The molecule has 172 valence electrons. The number of carbonyl (C=O) groups is 2. The monoisotopic (exact) mass is 484 g/mol. The Kier molecular flexibility index (Phi) is 9.16. The summed E-state index contributed by atoms with van der Waals surface area (Å²) in [5.41, 5.74) is 1.78. The molecule has 1 atom stereocenters. The molecule has 0 bridgehead atoms. The Morgan fingerprint density at radius 3 is 2.27 bits per heavy atom. The summed E-state index contributed by atoms with van der Waals surface area (Å²) in [6.45, 7) is 2.32. The first-order valence-corrected chi connectivity index (χ1v) is 11.5. The van der Waals surface area contributed by atoms with Crippen LogP contribution in [0.2, 0.25) is 10.0 Å². The summed E-state index contributed by atoms with van der Waals surface area (Å²) in [6, 6.07) is 23.0. The average Bonchev–Trinajstić information content (AvgIpc) is 2.81. The van der Waals surface area contributed by atoms with Crippen LogP contribution in [0.25, 0.3) is 0 Å². The third-order valence-electron chi connectivity index (χ3n) is 5.04. The maximum atomic E-state index is 13.4. The number of carbonyl (C=O) groups excluding carboxylic acids is 2. The topological polar surface area (TPSA) is 58.6 Å². The van der Waals surface area contributed by atoms with Crippen LogP contribution in [0.5, 0.6) is 5.75 Å². The van der Waals surface area contributed by atoms with E-state index in [0.717, 1.165) is 11.1 Å². The molecule has 0 radical (unpaired) electrons. The van der Waals surface area contributed by atoms with Crippen LogP contribution in [0.15, 0.2) is 78.9 Å². The van der Waals surface area contributed by atoms with Gasteiger partial charge in [0.25, 0.3) is 5.91 Å². The van der Waals surface area contributed by atoms with E-state index in [0.29, 0.717) is 28.8 Å². The average molecular weight is 485 g/mol. The highest BCUT2D eigenvalue weighted by Gasteiger charge is 2.30. The molecule has 7 heteroatoms. The number of amides is 2. The van der Waals surface area contributed by atoms with Gasteiger partial charge in [0.1, 0.15) is 11.8 Å². The number of rotatable bonds is 10. The van der Waals surface area contributed by atoms with Crippen LogP contribution in [-0.4, -0.2) is 35.9 Å². The molecule has 3 aromatic rings. The minimum atomic E-state index is -0.715. The molecule has 0 fully saturated rings. The summed E-state index contributed by atoms with van der Waals surface area (Å²) >= 11 is 12.1. The molecule has 3 aromatic carbocycles. The number of nitrogens with zero attached hydrogens (tertiary/aromatic N) is 1. The summed E-state index contributed by atoms with van der Waals surface area (Å²) < 4.78 is 5.70. The van der Waals surface area contributed by atoms with Crippen LogP contribution >= 0.6 is 23.2 Å². The second-order valence-corrected chi connectivity index (χ2v) is 8.37. The molecule has 3 rings (SSSR count). The van der Waals surface area contributed by atoms with E-state index >= 15 is 0 Å². The maximum Gasteiger partial charge on any atom is 0.261 e. The standard InChI is InChI=1S/C26H26Cl2N2O3/c1-2-29-26(32)24(16-19-7-4-3-5-8-19)30(17-20-9-6-10-22(28)15-20)25(31)18-33-23-13-11-21(27)12-14-23/h3-15,24H,2,16-18H2,1H3,(H,29,32). The van der Waals surface area contributed by atoms with Gasteiger partial charge in [-0.25, -0.2) is 0 Å². The fourth-order valence-corrected chi connectivity index (χ4v) is 3.78. The molecular weight excluding hydrogens is 459 g/mol. The van der Waals surface area contributed by atoms with Crippen molar-refractivity contribution in [2.24, 2.45) is 0 Å². The molecule has 2 amide bonds. The molecule has 0 saturated heterocycles. The lowest BCUT2D eigenvalue weighted by molar-refractivity contribution is -0.142. The van der Waals surface area contributed by atoms with Gasteiger partial charge in [-0.15, -0.1) is 0 Å². The third kappa shape index (κ3) is 7.52. The quantitative estimate of drug-likeness (QED) is 0.432. The van der Waals surface area contributed by atoms with Crippen LogP contribution in [-0.2, 0) is 22.6 Å². The van der Waals surface area contributed by atoms with E-state index in [1.807, 2.05) is 49.4 Å². The predicted octanol–water partition coefficient (Wildman–Crippen LogP) is 5.15. The van der Waals surface area contributed by atoms with Gasteiger partial charge in [-0.2, -0.15) is 0 Å². The summed E-state index contributed by atoms with van der Waals surface area (Å²) in [6.07, 6.45) is 0.375. The third-order valence-corrected chi connectivity index (χ3v) is 5.53. The molecule has 1 unspecified atom stereocenters. The van der Waals surface area contributed by atoms with Crippen molar-refractivity contribution in [1.82, 2.24) is 10.2 Å². The van der Waals surface area contributed by atoms with Crippen LogP contribution in [0.3, 0.4) is 0 Å².